The molecule has 0 nitrogen and oxygen atoms in total. The van der Waals surface area contributed by atoms with Crippen LogP contribution in [0.15, 0.2) is 0 Å². The largest absolute Gasteiger partial charge is 0.260 e. The first-order valence-electron chi connectivity index (χ1n) is 4.25. The Kier molecular flexibility index (Phi) is 1.60. The van der Waals surface area contributed by atoms with Crippen LogP contribution in [0.5, 0.6) is 0 Å². The third kappa shape index (κ3) is 0.640. The van der Waals surface area contributed by atoms with Crippen LogP contribution < -0.4 is 0 Å². The van der Waals surface area contributed by atoms with Crippen molar-refractivity contribution < 1.29 is 8.78 Å². The maximum absolute atomic E-state index is 13.2. The van der Waals surface area contributed by atoms with Crippen molar-refractivity contribution in [2.24, 2.45) is 10.8 Å². The van der Waals surface area contributed by atoms with E-state index in [1.54, 1.807) is 13.8 Å². The highest BCUT2D eigenvalue weighted by Crippen LogP contribution is 2.77. The Balaban J connectivity index is 2.93. The maximum atomic E-state index is 13.2. The van der Waals surface area contributed by atoms with Gasteiger partial charge < -0.3 is 0 Å². The van der Waals surface area contributed by atoms with Gasteiger partial charge in [-0.15, -0.1) is 0 Å². The van der Waals surface area contributed by atoms with Gasteiger partial charge in [0.15, 0.2) is 0 Å². The van der Waals surface area contributed by atoms with Crippen LogP contribution in [0.3, 0.4) is 0 Å². The molecule has 0 heterocycles. The van der Waals surface area contributed by atoms with E-state index in [1.807, 2.05) is 13.8 Å². The van der Waals surface area contributed by atoms with Gasteiger partial charge in [-0.2, -0.15) is 0 Å². The SMILES string of the molecule is CCC1(CC)C(C)(C)C1(F)F. The molecule has 0 N–H and O–H groups in total. The summed E-state index contributed by atoms with van der Waals surface area (Å²) in [5.41, 5.74) is -1.48. The van der Waals surface area contributed by atoms with Crippen molar-refractivity contribution in [1.82, 2.24) is 0 Å². The molecule has 0 atom stereocenters. The third-order valence-corrected chi connectivity index (χ3v) is 3.73. The van der Waals surface area contributed by atoms with E-state index in [-0.39, 0.29) is 0 Å². The predicted molar refractivity (Wildman–Crippen MR) is 41.7 cm³/mol. The minimum absolute atomic E-state index is 0.587. The van der Waals surface area contributed by atoms with Crippen molar-refractivity contribution in [2.75, 3.05) is 0 Å². The molecule has 0 amide bonds. The fourth-order valence-corrected chi connectivity index (χ4v) is 2.51. The summed E-state index contributed by atoms with van der Waals surface area (Å²) in [5, 5.41) is 0. The van der Waals surface area contributed by atoms with E-state index in [1.165, 1.54) is 0 Å². The normalized spacial score (nSPS) is 30.0. The van der Waals surface area contributed by atoms with E-state index in [2.05, 4.69) is 0 Å². The van der Waals surface area contributed by atoms with E-state index < -0.39 is 16.8 Å². The molecule has 0 saturated heterocycles. The lowest BCUT2D eigenvalue weighted by molar-refractivity contribution is 0.0456. The standard InChI is InChI=1S/C9H16F2/c1-5-8(6-2)7(3,4)9(8,10)11/h5-6H2,1-4H3. The minimum atomic E-state index is -2.44. The lowest BCUT2D eigenvalue weighted by Crippen LogP contribution is -2.08. The Hall–Kier alpha value is -0.140. The van der Waals surface area contributed by atoms with Crippen LogP contribution in [-0.4, -0.2) is 5.92 Å². The molecule has 2 heteroatoms. The second-order valence-electron chi connectivity index (χ2n) is 3.99. The van der Waals surface area contributed by atoms with Gasteiger partial charge in [0.25, 0.3) is 5.92 Å². The molecule has 1 rings (SSSR count). The van der Waals surface area contributed by atoms with Crippen molar-refractivity contribution in [1.29, 1.82) is 0 Å². The van der Waals surface area contributed by atoms with Crippen molar-refractivity contribution in [3.05, 3.63) is 0 Å². The highest BCUT2D eigenvalue weighted by atomic mass is 19.3. The quantitative estimate of drug-likeness (QED) is 0.583. The van der Waals surface area contributed by atoms with Crippen molar-refractivity contribution in [3.63, 3.8) is 0 Å². The van der Waals surface area contributed by atoms with Gasteiger partial charge in [0.05, 0.1) is 0 Å². The minimum Gasteiger partial charge on any atom is -0.206 e. The first kappa shape index (κ1) is 8.95. The summed E-state index contributed by atoms with van der Waals surface area (Å²) in [5.74, 6) is -2.44. The number of halogens is 2. The van der Waals surface area contributed by atoms with Crippen LogP contribution in [0.2, 0.25) is 0 Å². The Morgan fingerprint density at radius 3 is 1.27 bits per heavy atom. The number of hydrogen-bond donors (Lipinski definition) is 0. The van der Waals surface area contributed by atoms with Gasteiger partial charge in [-0.05, 0) is 12.8 Å². The van der Waals surface area contributed by atoms with Gasteiger partial charge in [0.2, 0.25) is 0 Å². The van der Waals surface area contributed by atoms with E-state index in [0.29, 0.717) is 12.8 Å². The van der Waals surface area contributed by atoms with Crippen LogP contribution in [0.1, 0.15) is 40.5 Å². The zero-order valence-electron chi connectivity index (χ0n) is 7.67. The Labute approximate surface area is 67.0 Å². The second kappa shape index (κ2) is 1.96. The van der Waals surface area contributed by atoms with Crippen molar-refractivity contribution in [2.45, 2.75) is 46.5 Å². The van der Waals surface area contributed by atoms with E-state index >= 15 is 0 Å². The van der Waals surface area contributed by atoms with Gasteiger partial charge >= 0.3 is 0 Å². The molecule has 11 heavy (non-hydrogen) atoms. The van der Waals surface area contributed by atoms with Crippen molar-refractivity contribution >= 4 is 0 Å². The molecule has 0 radical (unpaired) electrons. The van der Waals surface area contributed by atoms with Crippen LogP contribution >= 0.6 is 0 Å². The van der Waals surface area contributed by atoms with Crippen LogP contribution in [0, 0.1) is 10.8 Å². The van der Waals surface area contributed by atoms with Gasteiger partial charge in [0.1, 0.15) is 0 Å². The molecule has 0 bridgehead atoms. The Bertz CT molecular complexity index is 150. The predicted octanol–water partition coefficient (Wildman–Crippen LogP) is 3.47. The molecular weight excluding hydrogens is 146 g/mol. The number of hydrogen-bond acceptors (Lipinski definition) is 0. The molecule has 1 fully saturated rings. The molecule has 1 saturated carbocycles. The van der Waals surface area contributed by atoms with Crippen molar-refractivity contribution in [3.8, 4) is 0 Å². The fourth-order valence-electron chi connectivity index (χ4n) is 2.51. The Morgan fingerprint density at radius 1 is 1.00 bits per heavy atom. The molecule has 66 valence electrons. The molecule has 1 aliphatic carbocycles. The maximum Gasteiger partial charge on any atom is 0.260 e. The lowest BCUT2D eigenvalue weighted by atomic mass is 9.91. The summed E-state index contributed by atoms with van der Waals surface area (Å²) in [4.78, 5) is 0. The molecule has 0 unspecified atom stereocenters. The molecular formula is C9H16F2. The summed E-state index contributed by atoms with van der Waals surface area (Å²) >= 11 is 0. The van der Waals surface area contributed by atoms with Gasteiger partial charge in [0, 0.05) is 10.8 Å². The molecule has 0 aromatic rings. The average Bonchev–Trinajstić information content (AvgIpc) is 2.22. The third-order valence-electron chi connectivity index (χ3n) is 3.73. The number of rotatable bonds is 2. The highest BCUT2D eigenvalue weighted by Gasteiger charge is 2.84. The van der Waals surface area contributed by atoms with Gasteiger partial charge in [-0.25, -0.2) is 8.78 Å². The summed E-state index contributed by atoms with van der Waals surface area (Å²) in [6.07, 6.45) is 1.17. The van der Waals surface area contributed by atoms with E-state index in [4.69, 9.17) is 0 Å². The summed E-state index contributed by atoms with van der Waals surface area (Å²) in [7, 11) is 0. The fraction of sp³-hybridized carbons (Fsp3) is 1.00. The van der Waals surface area contributed by atoms with Crippen LogP contribution in [-0.2, 0) is 0 Å². The monoisotopic (exact) mass is 162 g/mol. The number of alkyl halides is 2. The molecule has 0 aliphatic heterocycles. The highest BCUT2D eigenvalue weighted by molar-refractivity contribution is 5.23. The molecule has 0 spiro atoms. The van der Waals surface area contributed by atoms with E-state index in [9.17, 15) is 8.78 Å². The summed E-state index contributed by atoms with van der Waals surface area (Å²) in [6.45, 7) is 7.04. The first-order chi connectivity index (χ1) is 4.87. The molecule has 0 aromatic heterocycles. The zero-order valence-corrected chi connectivity index (χ0v) is 7.67. The average molecular weight is 162 g/mol. The molecule has 0 aromatic carbocycles. The lowest BCUT2D eigenvalue weighted by Gasteiger charge is -2.11. The van der Waals surface area contributed by atoms with E-state index in [0.717, 1.165) is 0 Å². The summed E-state index contributed by atoms with van der Waals surface area (Å²) in [6, 6.07) is 0. The first-order valence-corrected chi connectivity index (χ1v) is 4.25. The molecule has 1 aliphatic rings. The van der Waals surface area contributed by atoms with Crippen LogP contribution in [0.4, 0.5) is 8.78 Å². The summed E-state index contributed by atoms with van der Waals surface area (Å²) < 4.78 is 26.5. The zero-order chi connectivity index (χ0) is 8.91. The van der Waals surface area contributed by atoms with Gasteiger partial charge in [-0.3, -0.25) is 0 Å². The van der Waals surface area contributed by atoms with Gasteiger partial charge in [-0.1, -0.05) is 27.7 Å². The Morgan fingerprint density at radius 2 is 1.27 bits per heavy atom. The smallest absolute Gasteiger partial charge is 0.206 e. The van der Waals surface area contributed by atoms with Crippen LogP contribution in [0.25, 0.3) is 0 Å². The second-order valence-corrected chi connectivity index (χ2v) is 3.99. The topological polar surface area (TPSA) is 0 Å².